The highest BCUT2D eigenvalue weighted by Crippen LogP contribution is 2.29. The maximum Gasteiger partial charge on any atom is 0.340 e. The van der Waals surface area contributed by atoms with E-state index >= 15 is 0 Å². The van der Waals surface area contributed by atoms with Gasteiger partial charge in [0.1, 0.15) is 4.90 Å². The Morgan fingerprint density at radius 3 is 2.42 bits per heavy atom. The van der Waals surface area contributed by atoms with Crippen molar-refractivity contribution in [2.24, 2.45) is 5.92 Å². The van der Waals surface area contributed by atoms with Gasteiger partial charge in [0.25, 0.3) is 5.91 Å². The number of hydrogen-bond donors (Lipinski definition) is 2. The molecule has 10 heteroatoms. The summed E-state index contributed by atoms with van der Waals surface area (Å²) in [6.45, 7) is 7.09. The molecular formula is C21H24Cl2N2O5S. The van der Waals surface area contributed by atoms with Crippen molar-refractivity contribution in [1.29, 1.82) is 0 Å². The van der Waals surface area contributed by atoms with Gasteiger partial charge in [0.15, 0.2) is 6.61 Å². The van der Waals surface area contributed by atoms with Crippen molar-refractivity contribution in [2.75, 3.05) is 18.5 Å². The van der Waals surface area contributed by atoms with E-state index in [-0.39, 0.29) is 33.0 Å². The SMILES string of the molecule is Cc1cccc(NC(=O)COC(=O)c2cc(S(=O)(=O)NCC(C)C)c(Cl)cc2Cl)c1C. The second-order valence-corrected chi connectivity index (χ2v) is 9.93. The smallest absolute Gasteiger partial charge is 0.340 e. The van der Waals surface area contributed by atoms with E-state index in [1.165, 1.54) is 0 Å². The fourth-order valence-electron chi connectivity index (χ4n) is 2.53. The average Bonchev–Trinajstić information content (AvgIpc) is 2.68. The lowest BCUT2D eigenvalue weighted by atomic mass is 10.1. The highest BCUT2D eigenvalue weighted by molar-refractivity contribution is 7.89. The number of aryl methyl sites for hydroxylation is 1. The van der Waals surface area contributed by atoms with Crippen LogP contribution in [0.25, 0.3) is 0 Å². The first-order chi connectivity index (χ1) is 14.4. The maximum atomic E-state index is 12.5. The fourth-order valence-corrected chi connectivity index (χ4v) is 4.59. The van der Waals surface area contributed by atoms with Crippen LogP contribution in [0.1, 0.15) is 35.3 Å². The van der Waals surface area contributed by atoms with Gasteiger partial charge in [0.2, 0.25) is 10.0 Å². The molecule has 0 bridgehead atoms. The molecule has 1 amide bonds. The molecule has 0 spiro atoms. The van der Waals surface area contributed by atoms with Gasteiger partial charge in [-0.05, 0) is 49.1 Å². The van der Waals surface area contributed by atoms with Gasteiger partial charge in [0.05, 0.1) is 15.6 Å². The third-order valence-corrected chi connectivity index (χ3v) is 6.63. The van der Waals surface area contributed by atoms with Crippen LogP contribution >= 0.6 is 23.2 Å². The highest BCUT2D eigenvalue weighted by atomic mass is 35.5. The zero-order valence-electron chi connectivity index (χ0n) is 17.6. The number of carbonyl (C=O) groups excluding carboxylic acids is 2. The lowest BCUT2D eigenvalue weighted by molar-refractivity contribution is -0.119. The van der Waals surface area contributed by atoms with Gasteiger partial charge in [-0.2, -0.15) is 0 Å². The number of sulfonamides is 1. The monoisotopic (exact) mass is 486 g/mol. The van der Waals surface area contributed by atoms with Gasteiger partial charge in [-0.3, -0.25) is 4.79 Å². The van der Waals surface area contributed by atoms with E-state index < -0.39 is 28.5 Å². The van der Waals surface area contributed by atoms with Crippen molar-refractivity contribution in [2.45, 2.75) is 32.6 Å². The van der Waals surface area contributed by atoms with Crippen LogP contribution in [0, 0.1) is 19.8 Å². The molecule has 0 aliphatic carbocycles. The molecule has 2 rings (SSSR count). The van der Waals surface area contributed by atoms with Gasteiger partial charge in [-0.15, -0.1) is 0 Å². The number of amides is 1. The molecule has 2 aromatic rings. The summed E-state index contributed by atoms with van der Waals surface area (Å²) in [7, 11) is -3.97. The Labute approximate surface area is 192 Å². The molecule has 0 heterocycles. The molecule has 0 saturated carbocycles. The first-order valence-corrected chi connectivity index (χ1v) is 11.7. The average molecular weight is 487 g/mol. The van der Waals surface area contributed by atoms with Gasteiger partial charge >= 0.3 is 5.97 Å². The molecule has 31 heavy (non-hydrogen) atoms. The Hall–Kier alpha value is -2.13. The summed E-state index contributed by atoms with van der Waals surface area (Å²) < 4.78 is 32.5. The second kappa shape index (κ2) is 10.5. The van der Waals surface area contributed by atoms with Gasteiger partial charge in [-0.25, -0.2) is 17.9 Å². The zero-order chi connectivity index (χ0) is 23.3. The summed E-state index contributed by atoms with van der Waals surface area (Å²) in [5.41, 5.74) is 2.29. The Kier molecular flexibility index (Phi) is 8.48. The van der Waals surface area contributed by atoms with Crippen LogP contribution < -0.4 is 10.0 Å². The summed E-state index contributed by atoms with van der Waals surface area (Å²) in [5, 5.41) is 2.44. The van der Waals surface area contributed by atoms with Gasteiger partial charge in [0, 0.05) is 12.2 Å². The van der Waals surface area contributed by atoms with E-state index in [0.29, 0.717) is 5.69 Å². The zero-order valence-corrected chi connectivity index (χ0v) is 19.9. The van der Waals surface area contributed by atoms with E-state index in [0.717, 1.165) is 23.3 Å². The van der Waals surface area contributed by atoms with Crippen molar-refractivity contribution >= 4 is 50.8 Å². The van der Waals surface area contributed by atoms with Crippen LogP contribution in [-0.4, -0.2) is 33.4 Å². The number of hydrogen-bond acceptors (Lipinski definition) is 5. The topological polar surface area (TPSA) is 102 Å². The minimum Gasteiger partial charge on any atom is -0.452 e. The molecule has 0 fully saturated rings. The Bertz CT molecular complexity index is 1100. The summed E-state index contributed by atoms with van der Waals surface area (Å²) in [5.74, 6) is -1.42. The number of carbonyl (C=O) groups is 2. The maximum absolute atomic E-state index is 12.5. The first kappa shape index (κ1) is 25.1. The predicted octanol–water partition coefficient (Wildman–Crippen LogP) is 4.34. The standard InChI is InChI=1S/C21H24Cl2N2O5S/c1-12(2)10-24-31(28,29)19-8-15(16(22)9-17(19)23)21(27)30-11-20(26)25-18-7-5-6-13(3)14(18)4/h5-9,12,24H,10-11H2,1-4H3,(H,25,26). The number of halogens is 2. The molecule has 2 aromatic carbocycles. The molecule has 0 atom stereocenters. The van der Waals surface area contributed by atoms with Crippen LogP contribution in [0.3, 0.4) is 0 Å². The Balaban J connectivity index is 2.14. The third kappa shape index (κ3) is 6.67. The van der Waals surface area contributed by atoms with Crippen LogP contribution in [0.5, 0.6) is 0 Å². The molecule has 0 aliphatic heterocycles. The fraction of sp³-hybridized carbons (Fsp3) is 0.333. The molecule has 2 N–H and O–H groups in total. The Morgan fingerprint density at radius 1 is 1.10 bits per heavy atom. The lowest BCUT2D eigenvalue weighted by Crippen LogP contribution is -2.28. The summed E-state index contributed by atoms with van der Waals surface area (Å²) in [6.07, 6.45) is 0. The van der Waals surface area contributed by atoms with Crippen molar-refractivity contribution in [3.8, 4) is 0 Å². The highest BCUT2D eigenvalue weighted by Gasteiger charge is 2.24. The van der Waals surface area contributed by atoms with Crippen LogP contribution in [0.4, 0.5) is 5.69 Å². The van der Waals surface area contributed by atoms with E-state index in [2.05, 4.69) is 10.0 Å². The van der Waals surface area contributed by atoms with Crippen LogP contribution in [0.15, 0.2) is 35.2 Å². The second-order valence-electron chi connectivity index (χ2n) is 7.38. The Morgan fingerprint density at radius 2 is 1.77 bits per heavy atom. The van der Waals surface area contributed by atoms with Crippen molar-refractivity contribution in [3.63, 3.8) is 0 Å². The third-order valence-electron chi connectivity index (χ3n) is 4.43. The predicted molar refractivity (Wildman–Crippen MR) is 121 cm³/mol. The molecule has 7 nitrogen and oxygen atoms in total. The minimum atomic E-state index is -3.97. The number of rotatable bonds is 8. The van der Waals surface area contributed by atoms with Crippen molar-refractivity contribution in [3.05, 3.63) is 57.1 Å². The van der Waals surface area contributed by atoms with Gasteiger partial charge in [-0.1, -0.05) is 49.2 Å². The van der Waals surface area contributed by atoms with Gasteiger partial charge < -0.3 is 10.1 Å². The molecule has 0 unspecified atom stereocenters. The molecular weight excluding hydrogens is 463 g/mol. The summed E-state index contributed by atoms with van der Waals surface area (Å²) in [4.78, 5) is 24.3. The quantitative estimate of drug-likeness (QED) is 0.540. The summed E-state index contributed by atoms with van der Waals surface area (Å²) in [6, 6.07) is 7.64. The number of esters is 1. The molecule has 0 radical (unpaired) electrons. The molecule has 0 aromatic heterocycles. The van der Waals surface area contributed by atoms with E-state index in [9.17, 15) is 18.0 Å². The minimum absolute atomic E-state index is 0.0702. The normalized spacial score (nSPS) is 11.5. The van der Waals surface area contributed by atoms with Crippen molar-refractivity contribution in [1.82, 2.24) is 4.72 Å². The molecule has 0 saturated heterocycles. The number of nitrogens with one attached hydrogen (secondary N) is 2. The van der Waals surface area contributed by atoms with Crippen molar-refractivity contribution < 1.29 is 22.7 Å². The van der Waals surface area contributed by atoms with E-state index in [1.54, 1.807) is 12.1 Å². The lowest BCUT2D eigenvalue weighted by Gasteiger charge is -2.13. The van der Waals surface area contributed by atoms with Crippen LogP contribution in [-0.2, 0) is 19.6 Å². The first-order valence-electron chi connectivity index (χ1n) is 9.44. The van der Waals surface area contributed by atoms with E-state index in [4.69, 9.17) is 27.9 Å². The number of anilines is 1. The number of benzene rings is 2. The molecule has 168 valence electrons. The largest absolute Gasteiger partial charge is 0.452 e. The summed E-state index contributed by atoms with van der Waals surface area (Å²) >= 11 is 12.1. The van der Waals surface area contributed by atoms with Crippen LogP contribution in [0.2, 0.25) is 10.0 Å². The van der Waals surface area contributed by atoms with E-state index in [1.807, 2.05) is 33.8 Å². The molecule has 0 aliphatic rings. The number of ether oxygens (including phenoxy) is 1.